The largest absolute Gasteiger partial charge is 0.468 e. The maximum absolute atomic E-state index is 12.9. The van der Waals surface area contributed by atoms with Crippen molar-refractivity contribution in [3.8, 4) is 0 Å². The Morgan fingerprint density at radius 1 is 1.09 bits per heavy atom. The maximum Gasteiger partial charge on any atom is 0.274 e. The second-order valence-corrected chi connectivity index (χ2v) is 7.28. The fourth-order valence-electron chi connectivity index (χ4n) is 2.41. The Morgan fingerprint density at radius 2 is 1.73 bits per heavy atom. The van der Waals surface area contributed by atoms with Gasteiger partial charge in [-0.25, -0.2) is 12.7 Å². The highest BCUT2D eigenvalue weighted by molar-refractivity contribution is 7.91. The molecule has 1 aliphatic heterocycles. The number of thiocarbonyl (C=S) groups is 1. The van der Waals surface area contributed by atoms with E-state index in [1.54, 1.807) is 24.3 Å². The Hall–Kier alpha value is -1.92. The van der Waals surface area contributed by atoms with Crippen molar-refractivity contribution in [1.82, 2.24) is 4.31 Å². The lowest BCUT2D eigenvalue weighted by molar-refractivity contribution is 0.329. The van der Waals surface area contributed by atoms with Crippen molar-refractivity contribution in [2.24, 2.45) is 0 Å². The van der Waals surface area contributed by atoms with Crippen LogP contribution in [0.15, 0.2) is 59.5 Å². The van der Waals surface area contributed by atoms with E-state index in [1.807, 2.05) is 37.3 Å². The first-order chi connectivity index (χ1) is 10.5. The summed E-state index contributed by atoms with van der Waals surface area (Å²) >= 11 is 5.12. The van der Waals surface area contributed by atoms with Gasteiger partial charge in [0.2, 0.25) is 0 Å². The molecule has 1 heterocycles. The van der Waals surface area contributed by atoms with Crippen molar-refractivity contribution in [3.05, 3.63) is 65.7 Å². The number of benzene rings is 2. The van der Waals surface area contributed by atoms with Crippen LogP contribution in [0, 0.1) is 6.92 Å². The van der Waals surface area contributed by atoms with E-state index in [2.05, 4.69) is 0 Å². The maximum atomic E-state index is 12.9. The SMILES string of the molecule is Cc1ccc(S(=O)(=O)N2C(=S)OCC2c2ccccc2)cc1. The van der Waals surface area contributed by atoms with E-state index in [0.29, 0.717) is 0 Å². The Bertz CT molecular complexity index is 786. The zero-order valence-corrected chi connectivity index (χ0v) is 13.6. The molecule has 114 valence electrons. The Kier molecular flexibility index (Phi) is 3.88. The number of hydrogen-bond acceptors (Lipinski definition) is 4. The van der Waals surface area contributed by atoms with E-state index in [-0.39, 0.29) is 16.7 Å². The van der Waals surface area contributed by atoms with Gasteiger partial charge in [-0.2, -0.15) is 0 Å². The van der Waals surface area contributed by atoms with E-state index < -0.39 is 16.1 Å². The molecule has 6 heteroatoms. The molecule has 0 amide bonds. The predicted octanol–water partition coefficient (Wildman–Crippen LogP) is 3.04. The average molecular weight is 333 g/mol. The quantitative estimate of drug-likeness (QED) is 0.810. The first-order valence-corrected chi connectivity index (χ1v) is 8.68. The third-order valence-electron chi connectivity index (χ3n) is 3.59. The van der Waals surface area contributed by atoms with Gasteiger partial charge in [-0.3, -0.25) is 0 Å². The van der Waals surface area contributed by atoms with Crippen molar-refractivity contribution >= 4 is 27.4 Å². The minimum Gasteiger partial charge on any atom is -0.468 e. The molecule has 0 spiro atoms. The summed E-state index contributed by atoms with van der Waals surface area (Å²) in [5, 5.41) is -0.00516. The molecule has 0 N–H and O–H groups in total. The van der Waals surface area contributed by atoms with Gasteiger partial charge in [0.05, 0.1) is 4.90 Å². The topological polar surface area (TPSA) is 46.6 Å². The van der Waals surface area contributed by atoms with Gasteiger partial charge in [-0.05, 0) is 36.8 Å². The van der Waals surface area contributed by atoms with Crippen molar-refractivity contribution in [3.63, 3.8) is 0 Å². The van der Waals surface area contributed by atoms with Crippen molar-refractivity contribution in [1.29, 1.82) is 0 Å². The number of aryl methyl sites for hydroxylation is 1. The first kappa shape index (κ1) is 15.0. The fourth-order valence-corrected chi connectivity index (χ4v) is 4.37. The molecule has 0 aliphatic carbocycles. The molecule has 0 saturated carbocycles. The van der Waals surface area contributed by atoms with Gasteiger partial charge in [0.15, 0.2) is 0 Å². The van der Waals surface area contributed by atoms with Crippen LogP contribution in [0.25, 0.3) is 0 Å². The summed E-state index contributed by atoms with van der Waals surface area (Å²) in [5.41, 5.74) is 1.86. The van der Waals surface area contributed by atoms with Gasteiger partial charge >= 0.3 is 0 Å². The minimum atomic E-state index is -3.73. The summed E-state index contributed by atoms with van der Waals surface area (Å²) in [6.45, 7) is 2.14. The van der Waals surface area contributed by atoms with Crippen LogP contribution in [0.4, 0.5) is 0 Å². The summed E-state index contributed by atoms with van der Waals surface area (Å²) in [7, 11) is -3.73. The number of ether oxygens (including phenoxy) is 1. The molecule has 1 aliphatic rings. The summed E-state index contributed by atoms with van der Waals surface area (Å²) in [6, 6.07) is 15.7. The minimum absolute atomic E-state index is 0.00516. The number of nitrogens with zero attached hydrogens (tertiary/aromatic N) is 1. The van der Waals surface area contributed by atoms with Crippen LogP contribution in [0.5, 0.6) is 0 Å². The molecule has 2 aromatic rings. The van der Waals surface area contributed by atoms with Crippen LogP contribution in [0.3, 0.4) is 0 Å². The van der Waals surface area contributed by atoms with Crippen LogP contribution in [0.1, 0.15) is 17.2 Å². The molecule has 1 unspecified atom stereocenters. The van der Waals surface area contributed by atoms with Crippen LogP contribution in [0.2, 0.25) is 0 Å². The van der Waals surface area contributed by atoms with E-state index in [4.69, 9.17) is 17.0 Å². The molecule has 3 rings (SSSR count). The lowest BCUT2D eigenvalue weighted by Crippen LogP contribution is -2.34. The van der Waals surface area contributed by atoms with Crippen molar-refractivity contribution < 1.29 is 13.2 Å². The normalized spacial score (nSPS) is 18.3. The average Bonchev–Trinajstić information content (AvgIpc) is 2.91. The predicted molar refractivity (Wildman–Crippen MR) is 87.9 cm³/mol. The molecular formula is C16H15NO3S2. The monoisotopic (exact) mass is 333 g/mol. The fraction of sp³-hybridized carbons (Fsp3) is 0.188. The highest BCUT2D eigenvalue weighted by Gasteiger charge is 2.40. The lowest BCUT2D eigenvalue weighted by Gasteiger charge is -2.23. The van der Waals surface area contributed by atoms with Gasteiger partial charge in [-0.1, -0.05) is 48.0 Å². The Morgan fingerprint density at radius 3 is 2.36 bits per heavy atom. The highest BCUT2D eigenvalue weighted by atomic mass is 32.2. The van der Waals surface area contributed by atoms with E-state index in [9.17, 15) is 8.42 Å². The van der Waals surface area contributed by atoms with Gasteiger partial charge in [0.25, 0.3) is 15.2 Å². The molecule has 0 aromatic heterocycles. The van der Waals surface area contributed by atoms with E-state index in [0.717, 1.165) is 11.1 Å². The van der Waals surface area contributed by atoms with Gasteiger partial charge in [-0.15, -0.1) is 0 Å². The number of sulfonamides is 1. The third-order valence-corrected chi connectivity index (χ3v) is 5.83. The van der Waals surface area contributed by atoms with E-state index >= 15 is 0 Å². The smallest absolute Gasteiger partial charge is 0.274 e. The summed E-state index contributed by atoms with van der Waals surface area (Å²) in [4.78, 5) is 0.215. The summed E-state index contributed by atoms with van der Waals surface area (Å²) in [6.07, 6.45) is 0. The van der Waals surface area contributed by atoms with Crippen LogP contribution in [-0.4, -0.2) is 24.5 Å². The molecule has 0 radical (unpaired) electrons. The molecule has 1 atom stereocenters. The Labute approximate surface area is 135 Å². The molecule has 4 nitrogen and oxygen atoms in total. The van der Waals surface area contributed by atoms with Crippen LogP contribution >= 0.6 is 12.2 Å². The molecule has 1 fully saturated rings. The zero-order valence-electron chi connectivity index (χ0n) is 12.0. The van der Waals surface area contributed by atoms with Gasteiger partial charge in [0.1, 0.15) is 12.6 Å². The second kappa shape index (κ2) is 5.70. The second-order valence-electron chi connectivity index (χ2n) is 5.12. The molecule has 2 aromatic carbocycles. The molecular weight excluding hydrogens is 318 g/mol. The van der Waals surface area contributed by atoms with Crippen LogP contribution < -0.4 is 0 Å². The van der Waals surface area contributed by atoms with Gasteiger partial charge in [0, 0.05) is 0 Å². The van der Waals surface area contributed by atoms with Crippen LogP contribution in [-0.2, 0) is 14.8 Å². The van der Waals surface area contributed by atoms with Crippen molar-refractivity contribution in [2.45, 2.75) is 17.9 Å². The third kappa shape index (κ3) is 2.60. The summed E-state index contributed by atoms with van der Waals surface area (Å²) in [5.74, 6) is 0. The number of rotatable bonds is 3. The van der Waals surface area contributed by atoms with Crippen molar-refractivity contribution in [2.75, 3.05) is 6.61 Å². The highest BCUT2D eigenvalue weighted by Crippen LogP contribution is 2.33. The van der Waals surface area contributed by atoms with Gasteiger partial charge < -0.3 is 4.74 Å². The molecule has 22 heavy (non-hydrogen) atoms. The number of hydrogen-bond donors (Lipinski definition) is 0. The summed E-state index contributed by atoms with van der Waals surface area (Å²) < 4.78 is 32.3. The molecule has 1 saturated heterocycles. The van der Waals surface area contributed by atoms with E-state index in [1.165, 1.54) is 4.31 Å². The lowest BCUT2D eigenvalue weighted by atomic mass is 10.1. The zero-order chi connectivity index (χ0) is 15.7. The molecule has 0 bridgehead atoms. The standard InChI is InChI=1S/C16H15NO3S2/c1-12-7-9-14(10-8-12)22(18,19)17-15(11-20-16(17)21)13-5-3-2-4-6-13/h2-10,15H,11H2,1H3. The Balaban J connectivity index is 2.03. The first-order valence-electron chi connectivity index (χ1n) is 6.83.